The summed E-state index contributed by atoms with van der Waals surface area (Å²) in [5.74, 6) is 1.08. The van der Waals surface area contributed by atoms with E-state index in [4.69, 9.17) is 9.47 Å². The summed E-state index contributed by atoms with van der Waals surface area (Å²) < 4.78 is 10.6. The number of ether oxygens (including phenoxy) is 2. The van der Waals surface area contributed by atoms with Crippen molar-refractivity contribution >= 4 is 0 Å². The summed E-state index contributed by atoms with van der Waals surface area (Å²) in [7, 11) is 3.37. The van der Waals surface area contributed by atoms with E-state index in [1.54, 1.807) is 0 Å². The molecular weight excluding hydrogens is 222 g/mol. The van der Waals surface area contributed by atoms with Gasteiger partial charge in [-0.15, -0.1) is 0 Å². The van der Waals surface area contributed by atoms with E-state index < -0.39 is 0 Å². The van der Waals surface area contributed by atoms with Crippen molar-refractivity contribution in [3.8, 4) is 11.6 Å². The Balaban J connectivity index is 1.96. The van der Waals surface area contributed by atoms with Crippen molar-refractivity contribution in [1.82, 2.24) is 15.3 Å². The predicted molar refractivity (Wildman–Crippen MR) is 62.5 cm³/mol. The molecule has 1 aromatic heterocycles. The molecule has 2 rings (SSSR count). The van der Waals surface area contributed by atoms with Crippen molar-refractivity contribution in [3.63, 3.8) is 0 Å². The molecule has 1 fully saturated rings. The molecule has 0 unspecified atom stereocenters. The van der Waals surface area contributed by atoms with Crippen LogP contribution in [-0.4, -0.2) is 36.8 Å². The Morgan fingerprint density at radius 2 is 2.35 bits per heavy atom. The fourth-order valence-corrected chi connectivity index (χ4v) is 2.02. The van der Waals surface area contributed by atoms with Gasteiger partial charge >= 0.3 is 0 Å². The smallest absolute Gasteiger partial charge is 0.297 e. The van der Waals surface area contributed by atoms with Gasteiger partial charge in [-0.05, 0) is 32.4 Å². The third-order valence-electron chi connectivity index (χ3n) is 2.95. The molecule has 1 aliphatic rings. The average molecular weight is 239 g/mol. The fourth-order valence-electron chi connectivity index (χ4n) is 2.02. The van der Waals surface area contributed by atoms with Crippen LogP contribution >= 0.6 is 0 Å². The zero-order valence-electron chi connectivity index (χ0n) is 10.0. The summed E-state index contributed by atoms with van der Waals surface area (Å²) in [6, 6.07) is 0. The van der Waals surface area contributed by atoms with Gasteiger partial charge in [0.2, 0.25) is 5.75 Å². The van der Waals surface area contributed by atoms with Crippen LogP contribution in [0.25, 0.3) is 0 Å². The van der Waals surface area contributed by atoms with Gasteiger partial charge in [-0.25, -0.2) is 4.98 Å². The molecular formula is C11H17N3O3. The van der Waals surface area contributed by atoms with Crippen LogP contribution < -0.4 is 20.3 Å². The first-order chi connectivity index (χ1) is 8.24. The number of hydrogen-bond acceptors (Lipinski definition) is 5. The number of rotatable bonds is 5. The van der Waals surface area contributed by atoms with Gasteiger partial charge in [0.05, 0.1) is 13.4 Å². The fraction of sp³-hybridized carbons (Fsp3) is 0.636. The van der Waals surface area contributed by atoms with Gasteiger partial charge < -0.3 is 19.8 Å². The molecule has 0 aliphatic heterocycles. The molecule has 0 saturated heterocycles. The van der Waals surface area contributed by atoms with Crippen LogP contribution in [0.4, 0.5) is 0 Å². The molecule has 0 bridgehead atoms. The third-order valence-corrected chi connectivity index (χ3v) is 2.95. The monoisotopic (exact) mass is 239 g/mol. The lowest BCUT2D eigenvalue weighted by atomic mass is 9.82. The standard InChI is InChI=1S/C11H17N3O3/c1-12-5-7-3-8(4-7)17-11-9(16-2)10(15)13-6-14-11/h6-8,12H,3-5H2,1-2H3,(H,13,14,15). The van der Waals surface area contributed by atoms with Gasteiger partial charge in [0.25, 0.3) is 11.4 Å². The second-order valence-corrected chi connectivity index (χ2v) is 4.21. The number of methoxy groups -OCH3 is 1. The van der Waals surface area contributed by atoms with E-state index in [0.717, 1.165) is 19.4 Å². The second-order valence-electron chi connectivity index (χ2n) is 4.21. The molecule has 0 spiro atoms. The zero-order valence-corrected chi connectivity index (χ0v) is 10.0. The van der Waals surface area contributed by atoms with Crippen molar-refractivity contribution in [1.29, 1.82) is 0 Å². The van der Waals surface area contributed by atoms with Gasteiger partial charge in [0, 0.05) is 0 Å². The number of nitrogens with zero attached hydrogens (tertiary/aromatic N) is 1. The Hall–Kier alpha value is -1.56. The quantitative estimate of drug-likeness (QED) is 0.765. The summed E-state index contributed by atoms with van der Waals surface area (Å²) in [5.41, 5.74) is -0.316. The Morgan fingerprint density at radius 1 is 1.59 bits per heavy atom. The molecule has 0 amide bonds. The summed E-state index contributed by atoms with van der Waals surface area (Å²) in [4.78, 5) is 17.8. The Bertz CT molecular complexity index is 426. The molecule has 2 N–H and O–H groups in total. The number of hydrogen-bond donors (Lipinski definition) is 2. The van der Waals surface area contributed by atoms with E-state index in [1.165, 1.54) is 13.4 Å². The van der Waals surface area contributed by atoms with Gasteiger partial charge in [0.1, 0.15) is 6.10 Å². The molecule has 6 heteroatoms. The number of aromatic amines is 1. The molecule has 17 heavy (non-hydrogen) atoms. The minimum Gasteiger partial charge on any atom is -0.487 e. The Labute approximate surface area is 99.4 Å². The van der Waals surface area contributed by atoms with Crippen molar-refractivity contribution in [2.45, 2.75) is 18.9 Å². The van der Waals surface area contributed by atoms with Crippen molar-refractivity contribution < 1.29 is 9.47 Å². The SMILES string of the molecule is CNCC1CC(Oc2nc[nH]c(=O)c2OC)C1. The van der Waals surface area contributed by atoms with Crippen LogP contribution in [0, 0.1) is 5.92 Å². The van der Waals surface area contributed by atoms with E-state index in [2.05, 4.69) is 15.3 Å². The topological polar surface area (TPSA) is 76.2 Å². The molecule has 0 atom stereocenters. The molecule has 94 valence electrons. The number of aromatic nitrogens is 2. The van der Waals surface area contributed by atoms with E-state index in [9.17, 15) is 4.79 Å². The lowest BCUT2D eigenvalue weighted by molar-refractivity contribution is 0.0586. The third kappa shape index (κ3) is 2.58. The van der Waals surface area contributed by atoms with E-state index in [1.807, 2.05) is 7.05 Å². The highest BCUT2D eigenvalue weighted by atomic mass is 16.5. The molecule has 1 aromatic rings. The molecule has 1 aliphatic carbocycles. The lowest BCUT2D eigenvalue weighted by Crippen LogP contribution is -2.39. The van der Waals surface area contributed by atoms with Gasteiger partial charge in [-0.2, -0.15) is 0 Å². The normalized spacial score (nSPS) is 22.9. The van der Waals surface area contributed by atoms with E-state index >= 15 is 0 Å². The van der Waals surface area contributed by atoms with Crippen LogP contribution in [0.2, 0.25) is 0 Å². The van der Waals surface area contributed by atoms with E-state index in [-0.39, 0.29) is 23.3 Å². The zero-order chi connectivity index (χ0) is 12.3. The maximum absolute atomic E-state index is 11.4. The first-order valence-electron chi connectivity index (χ1n) is 5.67. The van der Waals surface area contributed by atoms with Crippen LogP contribution in [0.15, 0.2) is 11.1 Å². The van der Waals surface area contributed by atoms with Crippen LogP contribution in [0.1, 0.15) is 12.8 Å². The van der Waals surface area contributed by atoms with Crippen LogP contribution in [0.5, 0.6) is 11.6 Å². The Kier molecular flexibility index (Phi) is 3.63. The maximum atomic E-state index is 11.4. The highest BCUT2D eigenvalue weighted by molar-refractivity contribution is 5.29. The predicted octanol–water partition coefficient (Wildman–Crippen LogP) is 0.155. The molecule has 0 radical (unpaired) electrons. The summed E-state index contributed by atoms with van der Waals surface area (Å²) in [6.45, 7) is 1.000. The number of nitrogens with one attached hydrogen (secondary N) is 2. The maximum Gasteiger partial charge on any atom is 0.297 e. The second kappa shape index (κ2) is 5.18. The summed E-state index contributed by atoms with van der Waals surface area (Å²) in [5, 5.41) is 3.13. The minimum atomic E-state index is -0.316. The average Bonchev–Trinajstić information content (AvgIpc) is 2.26. The summed E-state index contributed by atoms with van der Waals surface area (Å²) >= 11 is 0. The van der Waals surface area contributed by atoms with E-state index in [0.29, 0.717) is 5.92 Å². The van der Waals surface area contributed by atoms with Crippen molar-refractivity contribution in [3.05, 3.63) is 16.7 Å². The highest BCUT2D eigenvalue weighted by Gasteiger charge is 2.31. The minimum absolute atomic E-state index is 0.136. The van der Waals surface area contributed by atoms with Crippen molar-refractivity contribution in [2.24, 2.45) is 5.92 Å². The van der Waals surface area contributed by atoms with Crippen molar-refractivity contribution in [2.75, 3.05) is 20.7 Å². The van der Waals surface area contributed by atoms with Gasteiger partial charge in [0.15, 0.2) is 0 Å². The molecule has 0 aromatic carbocycles. The molecule has 1 saturated carbocycles. The highest BCUT2D eigenvalue weighted by Crippen LogP contribution is 2.32. The van der Waals surface area contributed by atoms with Crippen LogP contribution in [-0.2, 0) is 0 Å². The lowest BCUT2D eigenvalue weighted by Gasteiger charge is -2.34. The Morgan fingerprint density at radius 3 is 3.00 bits per heavy atom. The van der Waals surface area contributed by atoms with Crippen LogP contribution in [0.3, 0.4) is 0 Å². The number of H-pyrrole nitrogens is 1. The molecule has 1 heterocycles. The largest absolute Gasteiger partial charge is 0.487 e. The first kappa shape index (κ1) is 11.9. The molecule has 6 nitrogen and oxygen atoms in total. The van der Waals surface area contributed by atoms with Gasteiger partial charge in [-0.1, -0.05) is 0 Å². The first-order valence-corrected chi connectivity index (χ1v) is 5.67. The summed E-state index contributed by atoms with van der Waals surface area (Å²) in [6.07, 6.45) is 3.43. The van der Waals surface area contributed by atoms with Gasteiger partial charge in [-0.3, -0.25) is 4.79 Å².